The second-order valence-electron chi connectivity index (χ2n) is 6.45. The summed E-state index contributed by atoms with van der Waals surface area (Å²) in [6, 6.07) is 13.8. The van der Waals surface area contributed by atoms with E-state index in [0.717, 1.165) is 0 Å². The van der Waals surface area contributed by atoms with Crippen molar-refractivity contribution in [2.75, 3.05) is 36.9 Å². The molecule has 2 aromatic carbocycles. The zero-order chi connectivity index (χ0) is 21.4. The van der Waals surface area contributed by atoms with Crippen molar-refractivity contribution in [2.24, 2.45) is 5.73 Å². The number of benzene rings is 2. The molecule has 0 saturated heterocycles. The maximum absolute atomic E-state index is 12.8. The summed E-state index contributed by atoms with van der Waals surface area (Å²) in [5.41, 5.74) is 6.39. The quantitative estimate of drug-likeness (QED) is 0.631. The van der Waals surface area contributed by atoms with Gasteiger partial charge in [-0.15, -0.1) is 0 Å². The van der Waals surface area contributed by atoms with Gasteiger partial charge in [-0.25, -0.2) is 0 Å². The molecule has 0 heterocycles. The van der Waals surface area contributed by atoms with Crippen molar-refractivity contribution in [3.63, 3.8) is 0 Å². The SMILES string of the molecule is CN(CC(=O)Nc1ccc(Cl)c(Cl)c1)CC(=O)N(CCC(N)=O)c1ccccc1. The first kappa shape index (κ1) is 22.7. The highest BCUT2D eigenvalue weighted by atomic mass is 35.5. The van der Waals surface area contributed by atoms with Gasteiger partial charge in [-0.05, 0) is 37.4 Å². The van der Waals surface area contributed by atoms with Crippen molar-refractivity contribution in [3.8, 4) is 0 Å². The molecule has 9 heteroatoms. The van der Waals surface area contributed by atoms with Crippen LogP contribution in [0.25, 0.3) is 0 Å². The Hall–Kier alpha value is -2.61. The number of primary amides is 1. The summed E-state index contributed by atoms with van der Waals surface area (Å²) < 4.78 is 0. The normalized spacial score (nSPS) is 10.6. The van der Waals surface area contributed by atoms with Crippen LogP contribution in [-0.2, 0) is 14.4 Å². The van der Waals surface area contributed by atoms with Crippen LogP contribution in [0.2, 0.25) is 10.0 Å². The monoisotopic (exact) mass is 436 g/mol. The first-order valence-electron chi connectivity index (χ1n) is 8.83. The van der Waals surface area contributed by atoms with Crippen LogP contribution in [0.15, 0.2) is 48.5 Å². The summed E-state index contributed by atoms with van der Waals surface area (Å²) in [6.07, 6.45) is 0.0438. The van der Waals surface area contributed by atoms with E-state index < -0.39 is 5.91 Å². The highest BCUT2D eigenvalue weighted by molar-refractivity contribution is 6.42. The molecular weight excluding hydrogens is 415 g/mol. The average molecular weight is 437 g/mol. The minimum atomic E-state index is -0.493. The number of hydrogen-bond acceptors (Lipinski definition) is 4. The zero-order valence-corrected chi connectivity index (χ0v) is 17.4. The average Bonchev–Trinajstić information content (AvgIpc) is 2.65. The van der Waals surface area contributed by atoms with E-state index >= 15 is 0 Å². The predicted octanol–water partition coefficient (Wildman–Crippen LogP) is 2.77. The Morgan fingerprint density at radius 1 is 1.00 bits per heavy atom. The van der Waals surface area contributed by atoms with Crippen molar-refractivity contribution in [1.82, 2.24) is 4.90 Å². The van der Waals surface area contributed by atoms with Crippen LogP contribution in [0.1, 0.15) is 6.42 Å². The number of carbonyl (C=O) groups is 3. The van der Waals surface area contributed by atoms with Crippen molar-refractivity contribution in [3.05, 3.63) is 58.6 Å². The molecular formula is C20H22Cl2N4O3. The molecule has 3 N–H and O–H groups in total. The minimum absolute atomic E-state index is 0.00949. The number of halogens is 2. The van der Waals surface area contributed by atoms with Crippen molar-refractivity contribution in [1.29, 1.82) is 0 Å². The Labute approximate surface area is 179 Å². The number of para-hydroxylation sites is 1. The summed E-state index contributed by atoms with van der Waals surface area (Å²) in [5, 5.41) is 3.43. The molecule has 0 bridgehead atoms. The third kappa shape index (κ3) is 7.38. The summed E-state index contributed by atoms with van der Waals surface area (Å²) in [7, 11) is 1.66. The van der Waals surface area contributed by atoms with Crippen LogP contribution in [-0.4, -0.2) is 49.3 Å². The van der Waals surface area contributed by atoms with E-state index in [1.807, 2.05) is 6.07 Å². The maximum Gasteiger partial charge on any atom is 0.241 e. The standard InChI is InChI=1S/C20H22Cl2N4O3/c1-25(12-19(28)24-14-7-8-16(21)17(22)11-14)13-20(29)26(10-9-18(23)27)15-5-3-2-4-6-15/h2-8,11H,9-10,12-13H2,1H3,(H2,23,27)(H,24,28). The van der Waals surface area contributed by atoms with Gasteiger partial charge in [0.2, 0.25) is 17.7 Å². The van der Waals surface area contributed by atoms with Gasteiger partial charge in [0.05, 0.1) is 23.1 Å². The highest BCUT2D eigenvalue weighted by Crippen LogP contribution is 2.25. The lowest BCUT2D eigenvalue weighted by Gasteiger charge is -2.25. The van der Waals surface area contributed by atoms with Crippen LogP contribution >= 0.6 is 23.2 Å². The number of amides is 3. The molecule has 2 rings (SSSR count). The Bertz CT molecular complexity index is 877. The zero-order valence-electron chi connectivity index (χ0n) is 15.9. The van der Waals surface area contributed by atoms with E-state index in [-0.39, 0.29) is 37.9 Å². The summed E-state index contributed by atoms with van der Waals surface area (Å²) >= 11 is 11.8. The number of anilines is 2. The molecule has 3 amide bonds. The largest absolute Gasteiger partial charge is 0.370 e. The first-order valence-corrected chi connectivity index (χ1v) is 9.59. The van der Waals surface area contributed by atoms with Crippen molar-refractivity contribution >= 4 is 52.3 Å². The number of hydrogen-bond donors (Lipinski definition) is 2. The van der Waals surface area contributed by atoms with Gasteiger partial charge in [0.25, 0.3) is 0 Å². The van der Waals surface area contributed by atoms with Crippen LogP contribution in [0.3, 0.4) is 0 Å². The number of nitrogens with zero attached hydrogens (tertiary/aromatic N) is 2. The summed E-state index contributed by atoms with van der Waals surface area (Å²) in [6.45, 7) is 0.147. The molecule has 0 atom stereocenters. The number of likely N-dealkylation sites (N-methyl/N-ethyl adjacent to an activating group) is 1. The highest BCUT2D eigenvalue weighted by Gasteiger charge is 2.19. The fraction of sp³-hybridized carbons (Fsp3) is 0.250. The first-order chi connectivity index (χ1) is 13.8. The van der Waals surface area contributed by atoms with Crippen molar-refractivity contribution in [2.45, 2.75) is 6.42 Å². The third-order valence-corrected chi connectivity index (χ3v) is 4.71. The van der Waals surface area contributed by atoms with E-state index in [0.29, 0.717) is 21.4 Å². The Kier molecular flexibility index (Phi) is 8.45. The van der Waals surface area contributed by atoms with Gasteiger partial charge in [-0.1, -0.05) is 41.4 Å². The van der Waals surface area contributed by atoms with E-state index in [1.165, 1.54) is 4.90 Å². The van der Waals surface area contributed by atoms with E-state index in [4.69, 9.17) is 28.9 Å². The van der Waals surface area contributed by atoms with Gasteiger partial charge in [0.1, 0.15) is 0 Å². The van der Waals surface area contributed by atoms with Crippen LogP contribution in [0.5, 0.6) is 0 Å². The van der Waals surface area contributed by atoms with Crippen molar-refractivity contribution < 1.29 is 14.4 Å². The molecule has 0 spiro atoms. The molecule has 0 saturated carbocycles. The van der Waals surface area contributed by atoms with E-state index in [1.54, 1.807) is 54.4 Å². The second kappa shape index (κ2) is 10.8. The number of nitrogens with two attached hydrogens (primary N) is 1. The van der Waals surface area contributed by atoms with Gasteiger partial charge in [-0.2, -0.15) is 0 Å². The summed E-state index contributed by atoms with van der Waals surface area (Å²) in [5.74, 6) is -1.04. The molecule has 0 unspecified atom stereocenters. The predicted molar refractivity (Wildman–Crippen MR) is 115 cm³/mol. The molecule has 2 aromatic rings. The fourth-order valence-corrected chi connectivity index (χ4v) is 2.92. The molecule has 0 aliphatic carbocycles. The molecule has 7 nitrogen and oxygen atoms in total. The fourth-order valence-electron chi connectivity index (χ4n) is 2.62. The Balaban J connectivity index is 1.96. The van der Waals surface area contributed by atoms with Crippen LogP contribution in [0.4, 0.5) is 11.4 Å². The summed E-state index contributed by atoms with van der Waals surface area (Å²) in [4.78, 5) is 39.2. The molecule has 0 radical (unpaired) electrons. The van der Waals surface area contributed by atoms with E-state index in [2.05, 4.69) is 5.32 Å². The molecule has 29 heavy (non-hydrogen) atoms. The lowest BCUT2D eigenvalue weighted by molar-refractivity contribution is -0.121. The van der Waals surface area contributed by atoms with Gasteiger partial charge < -0.3 is 16.0 Å². The van der Waals surface area contributed by atoms with E-state index in [9.17, 15) is 14.4 Å². The molecule has 0 aliphatic rings. The Morgan fingerprint density at radius 2 is 1.69 bits per heavy atom. The van der Waals surface area contributed by atoms with Gasteiger partial charge in [-0.3, -0.25) is 19.3 Å². The number of carbonyl (C=O) groups excluding carboxylic acids is 3. The number of rotatable bonds is 9. The van der Waals surface area contributed by atoms with Crippen LogP contribution < -0.4 is 16.0 Å². The molecule has 0 aromatic heterocycles. The maximum atomic E-state index is 12.8. The molecule has 0 fully saturated rings. The smallest absolute Gasteiger partial charge is 0.241 e. The third-order valence-electron chi connectivity index (χ3n) is 3.97. The topological polar surface area (TPSA) is 95.7 Å². The molecule has 0 aliphatic heterocycles. The Morgan fingerprint density at radius 3 is 2.31 bits per heavy atom. The van der Waals surface area contributed by atoms with Gasteiger partial charge >= 0.3 is 0 Å². The lowest BCUT2D eigenvalue weighted by Crippen LogP contribution is -2.42. The van der Waals surface area contributed by atoms with Gasteiger partial charge in [0.15, 0.2) is 0 Å². The molecule has 154 valence electrons. The van der Waals surface area contributed by atoms with Crippen LogP contribution in [0, 0.1) is 0 Å². The lowest BCUT2D eigenvalue weighted by atomic mass is 10.2. The minimum Gasteiger partial charge on any atom is -0.370 e. The number of nitrogens with one attached hydrogen (secondary N) is 1. The van der Waals surface area contributed by atoms with Gasteiger partial charge in [0, 0.05) is 24.3 Å². The second-order valence-corrected chi connectivity index (χ2v) is 7.26.